The Balaban J connectivity index is 1.80. The van der Waals surface area contributed by atoms with Crippen LogP contribution in [0.25, 0.3) is 0 Å². The summed E-state index contributed by atoms with van der Waals surface area (Å²) in [4.78, 5) is 31.8. The molecule has 1 aliphatic rings. The van der Waals surface area contributed by atoms with Crippen molar-refractivity contribution in [1.82, 2.24) is 9.55 Å². The first-order valence-electron chi connectivity index (χ1n) is 11.4. The fraction of sp³-hybridized carbons (Fsp3) is 0.478. The molecule has 1 fully saturated rings. The van der Waals surface area contributed by atoms with Crippen LogP contribution in [0.1, 0.15) is 33.9 Å². The van der Waals surface area contributed by atoms with Gasteiger partial charge in [0.25, 0.3) is 0 Å². The summed E-state index contributed by atoms with van der Waals surface area (Å²) in [7, 11) is -4.21. The van der Waals surface area contributed by atoms with Crippen molar-refractivity contribution in [3.05, 3.63) is 53.1 Å². The summed E-state index contributed by atoms with van der Waals surface area (Å²) >= 11 is 0. The second kappa shape index (κ2) is 11.5. The summed E-state index contributed by atoms with van der Waals surface area (Å²) in [6.45, 7) is 5.24. The summed E-state index contributed by atoms with van der Waals surface area (Å²) in [6, 6.07) is 8.31. The highest BCUT2D eigenvalue weighted by Gasteiger charge is 2.55. The molecule has 0 spiro atoms. The Labute approximate surface area is 212 Å². The highest BCUT2D eigenvalue weighted by Crippen LogP contribution is 2.48. The number of aliphatic hydroxyl groups excluding tert-OH is 1. The number of para-hydroxylation sites is 1. The number of rotatable bonds is 10. The van der Waals surface area contributed by atoms with E-state index >= 15 is 4.39 Å². The first-order chi connectivity index (χ1) is 17.3. The van der Waals surface area contributed by atoms with Crippen molar-refractivity contribution >= 4 is 25.3 Å². The molecule has 2 aromatic rings. The Morgan fingerprint density at radius 3 is 2.65 bits per heavy atom. The Hall–Kier alpha value is -3.12. The zero-order chi connectivity index (χ0) is 27.4. The van der Waals surface area contributed by atoms with Crippen LogP contribution in [0, 0.1) is 0 Å². The van der Waals surface area contributed by atoms with Crippen LogP contribution in [0.5, 0.6) is 5.75 Å². The maximum atomic E-state index is 15.5. The zero-order valence-electron chi connectivity index (χ0n) is 20.8. The predicted molar refractivity (Wildman–Crippen MR) is 132 cm³/mol. The van der Waals surface area contributed by atoms with Gasteiger partial charge in [0.05, 0.1) is 12.7 Å². The van der Waals surface area contributed by atoms with Gasteiger partial charge in [-0.2, -0.15) is 4.98 Å². The van der Waals surface area contributed by atoms with E-state index in [1.807, 2.05) is 0 Å². The predicted octanol–water partition coefficient (Wildman–Crippen LogP) is 2.47. The lowest BCUT2D eigenvalue weighted by Crippen LogP contribution is -2.43. The molecule has 3 N–H and O–H groups in total. The number of hydrogen-bond acceptors (Lipinski definition) is 11. The van der Waals surface area contributed by atoms with Gasteiger partial charge in [-0.15, -0.1) is 0 Å². The Morgan fingerprint density at radius 2 is 2.03 bits per heavy atom. The van der Waals surface area contributed by atoms with Crippen molar-refractivity contribution in [2.45, 2.75) is 63.9 Å². The number of anilines is 1. The summed E-state index contributed by atoms with van der Waals surface area (Å²) in [5.41, 5.74) is 2.16. The molecule has 1 unspecified atom stereocenters. The van der Waals surface area contributed by atoms with Crippen LogP contribution in [-0.2, 0) is 23.4 Å². The lowest BCUT2D eigenvalue weighted by Gasteiger charge is -2.24. The summed E-state index contributed by atoms with van der Waals surface area (Å²) in [5, 5.41) is 10.6. The standard InChI is InChI=1S/C23H30FN4O8P/c1-14(2)34-20(30)15(3)26-13-37(32,36-16-8-6-5-7-9-16)33-12-17-19(29)23(4,24)21(35-17)28-11-10-18(25)27-22(28)31/h5-11,13-15,17,19,21,29H,12H2,1-4H3,(H2,25,27,31)/b26-13+/t15-,17+,19+,21+,23+,37?/m0/s1. The van der Waals surface area contributed by atoms with Gasteiger partial charge in [0.2, 0.25) is 0 Å². The fourth-order valence-electron chi connectivity index (χ4n) is 3.42. The normalized spacial score (nSPS) is 26.2. The number of nitrogens with zero attached hydrogens (tertiary/aromatic N) is 3. The Kier molecular flexibility index (Phi) is 8.85. The molecule has 0 saturated carbocycles. The van der Waals surface area contributed by atoms with Crippen LogP contribution in [0.15, 0.2) is 52.4 Å². The van der Waals surface area contributed by atoms with Gasteiger partial charge in [-0.25, -0.2) is 18.5 Å². The minimum Gasteiger partial charge on any atom is -0.461 e. The molecule has 3 rings (SSSR count). The van der Waals surface area contributed by atoms with Crippen LogP contribution >= 0.6 is 7.60 Å². The second-order valence-corrected chi connectivity index (χ2v) is 10.6. The topological polar surface area (TPSA) is 165 Å². The number of halogens is 1. The molecule has 1 aromatic carbocycles. The quantitative estimate of drug-likeness (QED) is 0.260. The molecule has 0 aliphatic carbocycles. The van der Waals surface area contributed by atoms with Gasteiger partial charge in [0, 0.05) is 6.20 Å². The van der Waals surface area contributed by atoms with Crippen molar-refractivity contribution in [2.75, 3.05) is 12.3 Å². The molecule has 1 aromatic heterocycles. The molecule has 0 amide bonds. The first kappa shape index (κ1) is 28.5. The second-order valence-electron chi connectivity index (χ2n) is 8.83. The van der Waals surface area contributed by atoms with Crippen molar-refractivity contribution in [3.63, 3.8) is 0 Å². The van der Waals surface area contributed by atoms with E-state index in [0.717, 1.165) is 17.4 Å². The summed E-state index contributed by atoms with van der Waals surface area (Å²) in [5.74, 6) is 0.319. The number of aliphatic imine (C=N–C) groups is 1. The lowest BCUT2D eigenvalue weighted by atomic mass is 9.98. The minimum atomic E-state index is -4.21. The van der Waals surface area contributed by atoms with Crippen molar-refractivity contribution in [1.29, 1.82) is 0 Å². The largest absolute Gasteiger partial charge is 0.461 e. The highest BCUT2D eigenvalue weighted by molar-refractivity contribution is 7.70. The van der Waals surface area contributed by atoms with Crippen LogP contribution in [-0.4, -0.2) is 63.2 Å². The fourth-order valence-corrected chi connectivity index (χ4v) is 4.72. The van der Waals surface area contributed by atoms with Gasteiger partial charge in [-0.3, -0.25) is 14.1 Å². The molecule has 14 heteroatoms. The molecular weight excluding hydrogens is 510 g/mol. The summed E-state index contributed by atoms with van der Waals surface area (Å²) < 4.78 is 51.5. The van der Waals surface area contributed by atoms with Crippen LogP contribution < -0.4 is 15.9 Å². The van der Waals surface area contributed by atoms with E-state index in [9.17, 15) is 19.3 Å². The van der Waals surface area contributed by atoms with E-state index in [4.69, 9.17) is 24.3 Å². The van der Waals surface area contributed by atoms with Gasteiger partial charge in [0.15, 0.2) is 11.9 Å². The van der Waals surface area contributed by atoms with Crippen LogP contribution in [0.3, 0.4) is 0 Å². The number of hydrogen-bond donors (Lipinski definition) is 2. The van der Waals surface area contributed by atoms with E-state index < -0.39 is 56.0 Å². The number of nitrogen functional groups attached to an aromatic ring is 1. The van der Waals surface area contributed by atoms with Crippen molar-refractivity contribution in [2.24, 2.45) is 4.99 Å². The van der Waals surface area contributed by atoms with E-state index in [0.29, 0.717) is 0 Å². The average Bonchev–Trinajstić information content (AvgIpc) is 3.05. The van der Waals surface area contributed by atoms with E-state index in [1.54, 1.807) is 32.0 Å². The maximum absolute atomic E-state index is 15.5. The van der Waals surface area contributed by atoms with Crippen molar-refractivity contribution < 1.29 is 37.4 Å². The first-order valence-corrected chi connectivity index (χ1v) is 13.0. The molecule has 1 saturated heterocycles. The van der Waals surface area contributed by atoms with Gasteiger partial charge in [-0.05, 0) is 45.9 Å². The van der Waals surface area contributed by atoms with Crippen molar-refractivity contribution in [3.8, 4) is 5.75 Å². The van der Waals surface area contributed by atoms with E-state index in [-0.39, 0.29) is 17.7 Å². The number of ether oxygens (including phenoxy) is 2. The number of carbonyl (C=O) groups excluding carboxylic acids is 1. The highest BCUT2D eigenvalue weighted by atomic mass is 31.2. The number of aliphatic hydroxyl groups is 1. The molecule has 12 nitrogen and oxygen atoms in total. The van der Waals surface area contributed by atoms with Gasteiger partial charge in [-0.1, -0.05) is 18.2 Å². The van der Waals surface area contributed by atoms with E-state index in [1.165, 1.54) is 31.3 Å². The number of carbonyl (C=O) groups is 1. The lowest BCUT2D eigenvalue weighted by molar-refractivity contribution is -0.148. The summed E-state index contributed by atoms with van der Waals surface area (Å²) in [6.07, 6.45) is -3.87. The minimum absolute atomic E-state index is 0.0648. The zero-order valence-corrected chi connectivity index (χ0v) is 21.7. The molecule has 1 aliphatic heterocycles. The third kappa shape index (κ3) is 7.01. The molecular formula is C23H30FN4O8P. The van der Waals surface area contributed by atoms with Crippen LogP contribution in [0.2, 0.25) is 0 Å². The Bertz CT molecular complexity index is 1220. The molecule has 37 heavy (non-hydrogen) atoms. The third-order valence-corrected chi connectivity index (χ3v) is 6.73. The molecule has 202 valence electrons. The number of nitrogens with two attached hydrogens (primary N) is 1. The SMILES string of the molecule is CC(C)OC(=O)[C@H](C)/N=C/P(=O)(OC[C@H]1O[C@@H](n2ccc(N)nc2=O)[C@](C)(F)[C@@H]1O)Oc1ccccc1. The number of esters is 1. The average molecular weight is 540 g/mol. The van der Waals surface area contributed by atoms with Gasteiger partial charge >= 0.3 is 19.3 Å². The molecule has 2 heterocycles. The molecule has 0 bridgehead atoms. The smallest absolute Gasteiger partial charge is 0.421 e. The monoisotopic (exact) mass is 540 g/mol. The maximum Gasteiger partial charge on any atom is 0.421 e. The number of alkyl halides is 1. The number of benzene rings is 1. The molecule has 0 radical (unpaired) electrons. The third-order valence-electron chi connectivity index (χ3n) is 5.34. The Morgan fingerprint density at radius 1 is 1.35 bits per heavy atom. The molecule has 6 atom stereocenters. The van der Waals surface area contributed by atoms with E-state index in [2.05, 4.69) is 9.98 Å². The van der Waals surface area contributed by atoms with Gasteiger partial charge < -0.3 is 24.8 Å². The van der Waals surface area contributed by atoms with Crippen LogP contribution in [0.4, 0.5) is 10.2 Å². The number of aromatic nitrogens is 2. The van der Waals surface area contributed by atoms with Gasteiger partial charge in [0.1, 0.15) is 35.8 Å².